The number of esters is 1. The van der Waals surface area contributed by atoms with Crippen LogP contribution >= 0.6 is 11.6 Å². The Morgan fingerprint density at radius 2 is 1.83 bits per heavy atom. The summed E-state index contributed by atoms with van der Waals surface area (Å²) in [5, 5.41) is 1.90. The van der Waals surface area contributed by atoms with Crippen LogP contribution in [0.1, 0.15) is 43.0 Å². The summed E-state index contributed by atoms with van der Waals surface area (Å²) in [6.07, 6.45) is 3.93. The third-order valence-electron chi connectivity index (χ3n) is 4.29. The Morgan fingerprint density at radius 1 is 1.17 bits per heavy atom. The normalized spacial score (nSPS) is 17.9. The van der Waals surface area contributed by atoms with Crippen LogP contribution in [-0.2, 0) is 14.3 Å². The van der Waals surface area contributed by atoms with Crippen LogP contribution in [-0.4, -0.2) is 31.6 Å². The van der Waals surface area contributed by atoms with Gasteiger partial charge in [0.05, 0.1) is 14.2 Å². The molecule has 1 aliphatic carbocycles. The van der Waals surface area contributed by atoms with Crippen molar-refractivity contribution >= 4 is 23.5 Å². The fourth-order valence-electron chi connectivity index (χ4n) is 3.05. The highest BCUT2D eigenvalue weighted by Crippen LogP contribution is 2.33. The lowest BCUT2D eigenvalue weighted by molar-refractivity contribution is -0.152. The third-order valence-corrected chi connectivity index (χ3v) is 4.72. The van der Waals surface area contributed by atoms with E-state index in [1.54, 1.807) is 24.3 Å². The molecule has 1 N–H and O–H groups in total. The molecular weight excluding hydrogens is 318 g/mol. The van der Waals surface area contributed by atoms with Crippen molar-refractivity contribution < 1.29 is 19.1 Å². The lowest BCUT2D eigenvalue weighted by Gasteiger charge is -2.35. The van der Waals surface area contributed by atoms with Gasteiger partial charge in [0.25, 0.3) is 0 Å². The maximum atomic E-state index is 12.6. The molecule has 5 nitrogen and oxygen atoms in total. The van der Waals surface area contributed by atoms with Gasteiger partial charge in [-0.2, -0.15) is 0 Å². The van der Waals surface area contributed by atoms with E-state index >= 15 is 0 Å². The van der Waals surface area contributed by atoms with Gasteiger partial charge in [-0.05, 0) is 18.9 Å². The van der Waals surface area contributed by atoms with Crippen molar-refractivity contribution in [1.82, 2.24) is 5.32 Å². The Morgan fingerprint density at radius 3 is 2.43 bits per heavy atom. The first kappa shape index (κ1) is 17.6. The number of alkyl halides is 1. The molecule has 1 aromatic carbocycles. The highest BCUT2D eigenvalue weighted by Gasteiger charge is 2.43. The van der Waals surface area contributed by atoms with Crippen molar-refractivity contribution in [3.8, 4) is 5.75 Å². The number of methoxy groups -OCH3 is 2. The van der Waals surface area contributed by atoms with Gasteiger partial charge in [-0.1, -0.05) is 37.5 Å². The molecule has 1 atom stereocenters. The number of hydrogen-bond donors (Lipinski definition) is 1. The quantitative estimate of drug-likeness (QED) is 0.661. The number of ether oxygens (including phenoxy) is 2. The smallest absolute Gasteiger partial charge is 0.331 e. The highest BCUT2D eigenvalue weighted by molar-refractivity contribution is 6.31. The van der Waals surface area contributed by atoms with Gasteiger partial charge in [0.2, 0.25) is 5.91 Å². The van der Waals surface area contributed by atoms with Crippen molar-refractivity contribution in [2.75, 3.05) is 14.2 Å². The maximum Gasteiger partial charge on any atom is 0.331 e. The van der Waals surface area contributed by atoms with Crippen molar-refractivity contribution in [3.63, 3.8) is 0 Å². The second-order valence-corrected chi connectivity index (χ2v) is 6.16. The molecule has 1 saturated carbocycles. The molecule has 1 amide bonds. The number of halogens is 1. The average molecular weight is 340 g/mol. The number of hydrogen-bond acceptors (Lipinski definition) is 4. The first-order valence-electron chi connectivity index (χ1n) is 7.71. The summed E-state index contributed by atoms with van der Waals surface area (Å²) in [5.41, 5.74) is -0.399. The molecule has 23 heavy (non-hydrogen) atoms. The predicted molar refractivity (Wildman–Crippen MR) is 87.6 cm³/mol. The third kappa shape index (κ3) is 3.78. The zero-order valence-corrected chi connectivity index (χ0v) is 14.2. The molecular formula is C17H22ClNO4. The predicted octanol–water partition coefficient (Wildman–Crippen LogP) is 2.97. The molecule has 6 heteroatoms. The molecule has 0 radical (unpaired) electrons. The van der Waals surface area contributed by atoms with E-state index in [0.29, 0.717) is 24.2 Å². The molecule has 0 saturated heterocycles. The molecule has 0 bridgehead atoms. The summed E-state index contributed by atoms with van der Waals surface area (Å²) in [4.78, 5) is 24.8. The Kier molecular flexibility index (Phi) is 5.88. The largest absolute Gasteiger partial charge is 0.496 e. The summed E-state index contributed by atoms with van der Waals surface area (Å²) in [6.45, 7) is 0. The van der Waals surface area contributed by atoms with Crippen molar-refractivity contribution in [1.29, 1.82) is 0 Å². The van der Waals surface area contributed by atoms with Crippen LogP contribution in [0.4, 0.5) is 0 Å². The van der Waals surface area contributed by atoms with Gasteiger partial charge in [0.1, 0.15) is 16.7 Å². The standard InChI is InChI=1S/C17H22ClNO4/c1-22-13-9-5-4-8-12(13)14(18)15(20)19-17(16(21)23-2)10-6-3-7-11-17/h4-5,8-9,14H,3,6-7,10-11H2,1-2H3,(H,19,20). The first-order chi connectivity index (χ1) is 11.0. The summed E-state index contributed by atoms with van der Waals surface area (Å²) >= 11 is 6.33. The van der Waals surface area contributed by atoms with Gasteiger partial charge in [-0.3, -0.25) is 4.79 Å². The molecule has 0 heterocycles. The van der Waals surface area contributed by atoms with E-state index in [9.17, 15) is 9.59 Å². The van der Waals surface area contributed by atoms with E-state index in [1.807, 2.05) is 0 Å². The molecule has 1 aromatic rings. The molecule has 2 rings (SSSR count). The monoisotopic (exact) mass is 339 g/mol. The number of carbonyl (C=O) groups excluding carboxylic acids is 2. The molecule has 0 aliphatic heterocycles. The first-order valence-corrected chi connectivity index (χ1v) is 8.15. The van der Waals surface area contributed by atoms with Crippen LogP contribution in [0.5, 0.6) is 5.75 Å². The number of para-hydroxylation sites is 1. The van der Waals surface area contributed by atoms with Crippen molar-refractivity contribution in [3.05, 3.63) is 29.8 Å². The zero-order chi connectivity index (χ0) is 16.9. The maximum absolute atomic E-state index is 12.6. The summed E-state index contributed by atoms with van der Waals surface area (Å²) in [5.74, 6) is -0.281. The highest BCUT2D eigenvalue weighted by atomic mass is 35.5. The molecule has 1 fully saturated rings. The van der Waals surface area contributed by atoms with Gasteiger partial charge in [-0.25, -0.2) is 4.79 Å². The van der Waals surface area contributed by atoms with Crippen molar-refractivity contribution in [2.24, 2.45) is 0 Å². The summed E-state index contributed by atoms with van der Waals surface area (Å²) in [7, 11) is 2.86. The Hall–Kier alpha value is -1.75. The second-order valence-electron chi connectivity index (χ2n) is 5.73. The molecule has 126 valence electrons. The number of carbonyl (C=O) groups is 2. The van der Waals surface area contributed by atoms with Gasteiger partial charge in [-0.15, -0.1) is 11.6 Å². The topological polar surface area (TPSA) is 64.6 Å². The van der Waals surface area contributed by atoms with Crippen LogP contribution in [0, 0.1) is 0 Å². The molecule has 0 aromatic heterocycles. The fourth-order valence-corrected chi connectivity index (χ4v) is 3.28. The van der Waals surface area contributed by atoms with Gasteiger partial charge < -0.3 is 14.8 Å². The average Bonchev–Trinajstić information content (AvgIpc) is 2.60. The SMILES string of the molecule is COC(=O)C1(NC(=O)C(Cl)c2ccccc2OC)CCCCC1. The Labute approximate surface area is 141 Å². The summed E-state index contributed by atoms with van der Waals surface area (Å²) < 4.78 is 10.1. The minimum atomic E-state index is -0.973. The Bertz CT molecular complexity index is 569. The van der Waals surface area contributed by atoms with E-state index in [0.717, 1.165) is 19.3 Å². The Balaban J connectivity index is 2.19. The van der Waals surface area contributed by atoms with Crippen LogP contribution < -0.4 is 10.1 Å². The van der Waals surface area contributed by atoms with E-state index in [2.05, 4.69) is 5.32 Å². The van der Waals surface area contributed by atoms with Gasteiger partial charge in [0.15, 0.2) is 0 Å². The zero-order valence-electron chi connectivity index (χ0n) is 13.4. The molecule has 0 spiro atoms. The molecule has 1 aliphatic rings. The van der Waals surface area contributed by atoms with Crippen LogP contribution in [0.25, 0.3) is 0 Å². The minimum Gasteiger partial charge on any atom is -0.496 e. The summed E-state index contributed by atoms with van der Waals surface area (Å²) in [6, 6.07) is 7.08. The van der Waals surface area contributed by atoms with Gasteiger partial charge in [0, 0.05) is 5.56 Å². The number of nitrogens with one attached hydrogen (secondary N) is 1. The number of amides is 1. The van der Waals surface area contributed by atoms with E-state index in [1.165, 1.54) is 14.2 Å². The van der Waals surface area contributed by atoms with E-state index in [-0.39, 0.29) is 0 Å². The van der Waals surface area contributed by atoms with Crippen molar-refractivity contribution in [2.45, 2.75) is 43.0 Å². The molecule has 1 unspecified atom stereocenters. The fraction of sp³-hybridized carbons (Fsp3) is 0.529. The van der Waals surface area contributed by atoms with E-state index in [4.69, 9.17) is 21.1 Å². The van der Waals surface area contributed by atoms with Crippen LogP contribution in [0.3, 0.4) is 0 Å². The lowest BCUT2D eigenvalue weighted by Crippen LogP contribution is -2.56. The minimum absolute atomic E-state index is 0.408. The van der Waals surface area contributed by atoms with E-state index < -0.39 is 22.8 Å². The second kappa shape index (κ2) is 7.68. The number of benzene rings is 1. The van der Waals surface area contributed by atoms with Gasteiger partial charge >= 0.3 is 5.97 Å². The lowest BCUT2D eigenvalue weighted by atomic mass is 9.81. The van der Waals surface area contributed by atoms with Crippen LogP contribution in [0.2, 0.25) is 0 Å². The number of rotatable bonds is 5. The van der Waals surface area contributed by atoms with Crippen LogP contribution in [0.15, 0.2) is 24.3 Å².